The van der Waals surface area contributed by atoms with E-state index in [9.17, 15) is 4.79 Å². The lowest BCUT2D eigenvalue weighted by molar-refractivity contribution is -0.135. The maximum atomic E-state index is 13.4. The zero-order chi connectivity index (χ0) is 19.0. The molecule has 27 heavy (non-hydrogen) atoms. The van der Waals surface area contributed by atoms with Crippen molar-refractivity contribution in [2.45, 2.75) is 32.7 Å². The van der Waals surface area contributed by atoms with E-state index in [1.54, 1.807) is 11.3 Å². The van der Waals surface area contributed by atoms with Crippen molar-refractivity contribution in [2.24, 2.45) is 5.41 Å². The van der Waals surface area contributed by atoms with Crippen LogP contribution in [-0.2, 0) is 11.3 Å². The molecule has 1 spiro atoms. The molecule has 2 fully saturated rings. The van der Waals surface area contributed by atoms with Gasteiger partial charge in [0.2, 0.25) is 5.91 Å². The molecule has 4 nitrogen and oxygen atoms in total. The molecule has 142 valence electrons. The highest BCUT2D eigenvalue weighted by Crippen LogP contribution is 2.50. The summed E-state index contributed by atoms with van der Waals surface area (Å²) in [6.07, 6.45) is 4.60. The summed E-state index contributed by atoms with van der Waals surface area (Å²) >= 11 is 1.68. The van der Waals surface area contributed by atoms with Crippen LogP contribution in [0.25, 0.3) is 0 Å². The van der Waals surface area contributed by atoms with Crippen LogP contribution in [-0.4, -0.2) is 46.9 Å². The average Bonchev–Trinajstić information content (AvgIpc) is 3.31. The van der Waals surface area contributed by atoms with E-state index in [-0.39, 0.29) is 17.2 Å². The van der Waals surface area contributed by atoms with E-state index in [0.29, 0.717) is 6.54 Å². The van der Waals surface area contributed by atoms with Crippen molar-refractivity contribution in [3.63, 3.8) is 0 Å². The summed E-state index contributed by atoms with van der Waals surface area (Å²) in [5, 5.41) is 3.13. The third-order valence-electron chi connectivity index (χ3n) is 5.94. The lowest BCUT2D eigenvalue weighted by Gasteiger charge is -2.27. The SMILES string of the molecule is C=CCN1CC[C@]2(CN(Cc3cc(C)cc(C)c3)C[C@H]2c2nccs2)C1=O. The highest BCUT2D eigenvalue weighted by molar-refractivity contribution is 7.09. The van der Waals surface area contributed by atoms with Gasteiger partial charge in [-0.05, 0) is 25.8 Å². The Balaban J connectivity index is 1.62. The Bertz CT molecular complexity index is 827. The molecule has 2 aliphatic rings. The number of aromatic nitrogens is 1. The zero-order valence-electron chi connectivity index (χ0n) is 16.1. The van der Waals surface area contributed by atoms with E-state index in [0.717, 1.165) is 37.6 Å². The Kier molecular flexibility index (Phi) is 4.91. The van der Waals surface area contributed by atoms with Crippen molar-refractivity contribution >= 4 is 17.2 Å². The molecule has 1 amide bonds. The summed E-state index contributed by atoms with van der Waals surface area (Å²) in [6, 6.07) is 6.73. The topological polar surface area (TPSA) is 36.4 Å². The summed E-state index contributed by atoms with van der Waals surface area (Å²) in [4.78, 5) is 22.4. The average molecular weight is 382 g/mol. The molecule has 2 aliphatic heterocycles. The van der Waals surface area contributed by atoms with Crippen LogP contribution >= 0.6 is 11.3 Å². The Morgan fingerprint density at radius 2 is 2.11 bits per heavy atom. The second-order valence-electron chi connectivity index (χ2n) is 8.03. The van der Waals surface area contributed by atoms with Crippen molar-refractivity contribution in [3.8, 4) is 0 Å². The van der Waals surface area contributed by atoms with Crippen LogP contribution in [0.4, 0.5) is 0 Å². The third-order valence-corrected chi connectivity index (χ3v) is 6.83. The normalized spacial score (nSPS) is 25.6. The van der Waals surface area contributed by atoms with Crippen LogP contribution in [0.5, 0.6) is 0 Å². The number of rotatable bonds is 5. The Morgan fingerprint density at radius 1 is 1.33 bits per heavy atom. The fourth-order valence-corrected chi connectivity index (χ4v) is 5.77. The first-order valence-corrected chi connectivity index (χ1v) is 10.5. The smallest absolute Gasteiger partial charge is 0.231 e. The first-order valence-electron chi connectivity index (χ1n) is 9.61. The molecule has 0 unspecified atom stereocenters. The number of amides is 1. The standard InChI is InChI=1S/C22H27N3OS/c1-4-7-25-8-5-22(21(25)26)15-24(14-19(22)20-23-6-9-27-20)13-18-11-16(2)10-17(3)12-18/h4,6,9-12,19H,1,5,7-8,13-15H2,2-3H3/t19-,22+/m0/s1. The van der Waals surface area contributed by atoms with Crippen molar-refractivity contribution in [1.29, 1.82) is 0 Å². The maximum absolute atomic E-state index is 13.4. The molecule has 0 aliphatic carbocycles. The van der Waals surface area contributed by atoms with Crippen molar-refractivity contribution in [3.05, 3.63) is 64.1 Å². The van der Waals surface area contributed by atoms with Gasteiger partial charge in [-0.25, -0.2) is 4.98 Å². The quantitative estimate of drug-likeness (QED) is 0.740. The number of carbonyl (C=O) groups is 1. The highest BCUT2D eigenvalue weighted by Gasteiger charge is 2.57. The van der Waals surface area contributed by atoms with E-state index in [4.69, 9.17) is 0 Å². The highest BCUT2D eigenvalue weighted by atomic mass is 32.1. The molecule has 0 saturated carbocycles. The van der Waals surface area contributed by atoms with Gasteiger partial charge in [0.25, 0.3) is 0 Å². The zero-order valence-corrected chi connectivity index (χ0v) is 17.0. The summed E-state index contributed by atoms with van der Waals surface area (Å²) < 4.78 is 0. The molecule has 5 heteroatoms. The van der Waals surface area contributed by atoms with Gasteiger partial charge >= 0.3 is 0 Å². The van der Waals surface area contributed by atoms with Crippen molar-refractivity contribution < 1.29 is 4.79 Å². The molecule has 0 bridgehead atoms. The predicted octanol–water partition coefficient (Wildman–Crippen LogP) is 3.76. The number of likely N-dealkylation sites (tertiary alicyclic amines) is 2. The number of benzene rings is 1. The van der Waals surface area contributed by atoms with Gasteiger partial charge in [0.15, 0.2) is 0 Å². The lowest BCUT2D eigenvalue weighted by Crippen LogP contribution is -2.39. The molecular weight excluding hydrogens is 354 g/mol. The van der Waals surface area contributed by atoms with E-state index in [2.05, 4.69) is 48.5 Å². The van der Waals surface area contributed by atoms with Gasteiger partial charge in [0, 0.05) is 50.2 Å². The number of thiazole rings is 1. The second kappa shape index (κ2) is 7.21. The fraction of sp³-hybridized carbons (Fsp3) is 0.455. The van der Waals surface area contributed by atoms with E-state index in [1.165, 1.54) is 16.7 Å². The van der Waals surface area contributed by atoms with Crippen LogP contribution in [0.15, 0.2) is 42.4 Å². The molecule has 0 N–H and O–H groups in total. The Morgan fingerprint density at radius 3 is 2.78 bits per heavy atom. The van der Waals surface area contributed by atoms with E-state index in [1.807, 2.05) is 22.6 Å². The largest absolute Gasteiger partial charge is 0.338 e. The van der Waals surface area contributed by atoms with Gasteiger partial charge in [0.1, 0.15) is 0 Å². The predicted molar refractivity (Wildman–Crippen MR) is 110 cm³/mol. The maximum Gasteiger partial charge on any atom is 0.231 e. The van der Waals surface area contributed by atoms with Crippen molar-refractivity contribution in [2.75, 3.05) is 26.2 Å². The Labute approximate surface area is 165 Å². The van der Waals surface area contributed by atoms with E-state index >= 15 is 0 Å². The summed E-state index contributed by atoms with van der Waals surface area (Å²) in [6.45, 7) is 12.2. The summed E-state index contributed by atoms with van der Waals surface area (Å²) in [5.74, 6) is 0.469. The number of hydrogen-bond acceptors (Lipinski definition) is 4. The molecule has 1 aromatic heterocycles. The van der Waals surface area contributed by atoms with Crippen LogP contribution in [0.3, 0.4) is 0 Å². The monoisotopic (exact) mass is 381 g/mol. The number of aryl methyl sites for hydroxylation is 2. The molecule has 2 atom stereocenters. The second-order valence-corrected chi connectivity index (χ2v) is 8.96. The number of carbonyl (C=O) groups excluding carboxylic acids is 1. The summed E-state index contributed by atoms with van der Waals surface area (Å²) in [7, 11) is 0. The molecule has 1 aromatic carbocycles. The summed E-state index contributed by atoms with van der Waals surface area (Å²) in [5.41, 5.74) is 3.59. The van der Waals surface area contributed by atoms with Gasteiger partial charge in [-0.15, -0.1) is 17.9 Å². The van der Waals surface area contributed by atoms with Gasteiger partial charge < -0.3 is 4.90 Å². The van der Waals surface area contributed by atoms with Crippen LogP contribution in [0.1, 0.15) is 34.0 Å². The molecule has 0 radical (unpaired) electrons. The third kappa shape index (κ3) is 3.34. The van der Waals surface area contributed by atoms with Crippen LogP contribution < -0.4 is 0 Å². The van der Waals surface area contributed by atoms with Gasteiger partial charge in [-0.2, -0.15) is 0 Å². The molecule has 2 saturated heterocycles. The number of nitrogens with zero attached hydrogens (tertiary/aromatic N) is 3. The Hall–Kier alpha value is -1.98. The lowest BCUT2D eigenvalue weighted by atomic mass is 9.77. The van der Waals surface area contributed by atoms with Crippen molar-refractivity contribution in [1.82, 2.24) is 14.8 Å². The van der Waals surface area contributed by atoms with Gasteiger partial charge in [-0.3, -0.25) is 9.69 Å². The number of hydrogen-bond donors (Lipinski definition) is 0. The minimum absolute atomic E-state index is 0.186. The van der Waals surface area contributed by atoms with Gasteiger partial charge in [-0.1, -0.05) is 35.4 Å². The van der Waals surface area contributed by atoms with Crippen LogP contribution in [0, 0.1) is 19.3 Å². The minimum Gasteiger partial charge on any atom is -0.338 e. The molecule has 2 aromatic rings. The fourth-order valence-electron chi connectivity index (χ4n) is 4.92. The van der Waals surface area contributed by atoms with Gasteiger partial charge in [0.05, 0.1) is 10.4 Å². The molecular formula is C22H27N3OS. The molecule has 4 rings (SSSR count). The minimum atomic E-state index is -0.334. The first-order chi connectivity index (χ1) is 13.0. The first kappa shape index (κ1) is 18.4. The van der Waals surface area contributed by atoms with Crippen LogP contribution in [0.2, 0.25) is 0 Å². The molecule has 3 heterocycles. The van der Waals surface area contributed by atoms with E-state index < -0.39 is 0 Å².